The predicted octanol–water partition coefficient (Wildman–Crippen LogP) is 1.70. The molecule has 5 heteroatoms. The van der Waals surface area contributed by atoms with E-state index in [4.69, 9.17) is 23.2 Å². The van der Waals surface area contributed by atoms with E-state index in [9.17, 15) is 0 Å². The fourth-order valence-corrected chi connectivity index (χ4v) is 1.48. The summed E-state index contributed by atoms with van der Waals surface area (Å²) in [6, 6.07) is 7.19. The highest BCUT2D eigenvalue weighted by Crippen LogP contribution is 2.19. The first-order valence-corrected chi connectivity index (χ1v) is 5.07. The Balaban J connectivity index is 2.40. The lowest BCUT2D eigenvalue weighted by Gasteiger charge is -2.18. The number of rotatable bonds is 1. The molecule has 0 saturated heterocycles. The van der Waals surface area contributed by atoms with Crippen LogP contribution < -0.4 is 11.6 Å². The molecular formula is C11H11ClN4. The molecule has 0 aromatic heterocycles. The normalized spacial score (nSPS) is 17.8. The number of hydrogen-bond acceptors (Lipinski definition) is 4. The minimum Gasteiger partial charge on any atom is -0.395 e. The molecular weight excluding hydrogens is 224 g/mol. The van der Waals surface area contributed by atoms with Crippen LogP contribution in [0.5, 0.6) is 0 Å². The molecule has 0 amide bonds. The summed E-state index contributed by atoms with van der Waals surface area (Å²) in [6.07, 6.45) is 5.06. The van der Waals surface area contributed by atoms with E-state index < -0.39 is 0 Å². The van der Waals surface area contributed by atoms with E-state index in [-0.39, 0.29) is 0 Å². The van der Waals surface area contributed by atoms with Crippen LogP contribution >= 0.6 is 11.6 Å². The van der Waals surface area contributed by atoms with Crippen LogP contribution in [0.3, 0.4) is 0 Å². The van der Waals surface area contributed by atoms with Gasteiger partial charge in [-0.1, -0.05) is 23.7 Å². The van der Waals surface area contributed by atoms with Gasteiger partial charge in [0.1, 0.15) is 0 Å². The molecule has 2 rings (SSSR count). The van der Waals surface area contributed by atoms with Gasteiger partial charge < -0.3 is 5.73 Å². The van der Waals surface area contributed by atoms with Gasteiger partial charge in [-0.25, -0.2) is 10.8 Å². The Morgan fingerprint density at radius 3 is 2.56 bits per heavy atom. The monoisotopic (exact) mass is 234 g/mol. The van der Waals surface area contributed by atoms with Crippen molar-refractivity contribution >= 4 is 23.5 Å². The molecule has 1 aliphatic rings. The van der Waals surface area contributed by atoms with Crippen molar-refractivity contribution in [1.29, 1.82) is 0 Å². The van der Waals surface area contributed by atoms with Gasteiger partial charge in [-0.15, -0.1) is 0 Å². The number of allylic oxidation sites excluding steroid dienone is 1. The molecule has 0 fully saturated rings. The SMILES string of the molecule is N/C(=C1/N=CC=CN1N)c1ccc(Cl)cc1. The van der Waals surface area contributed by atoms with E-state index in [0.717, 1.165) is 5.56 Å². The van der Waals surface area contributed by atoms with Gasteiger partial charge in [0.2, 0.25) is 0 Å². The maximum Gasteiger partial charge on any atom is 0.170 e. The van der Waals surface area contributed by atoms with E-state index >= 15 is 0 Å². The number of aliphatic imine (C=N–C) groups is 1. The quantitative estimate of drug-likeness (QED) is 0.727. The van der Waals surface area contributed by atoms with E-state index in [1.165, 1.54) is 5.01 Å². The summed E-state index contributed by atoms with van der Waals surface area (Å²) in [4.78, 5) is 4.12. The first kappa shape index (κ1) is 10.7. The Morgan fingerprint density at radius 1 is 1.25 bits per heavy atom. The molecule has 0 unspecified atom stereocenters. The number of hydrazine groups is 1. The summed E-state index contributed by atoms with van der Waals surface area (Å²) in [5, 5.41) is 2.04. The molecule has 4 N–H and O–H groups in total. The van der Waals surface area contributed by atoms with Crippen LogP contribution in [0.2, 0.25) is 5.02 Å². The standard InChI is InChI=1S/C11H11ClN4/c12-9-4-2-8(3-5-9)10(13)11-15-6-1-7-16(11)14/h1-7H,13-14H2/b11-10-. The molecule has 1 aliphatic heterocycles. The maximum absolute atomic E-state index is 5.98. The number of nitrogens with zero attached hydrogens (tertiary/aromatic N) is 2. The fourth-order valence-electron chi connectivity index (χ4n) is 1.35. The molecule has 4 nitrogen and oxygen atoms in total. The number of benzene rings is 1. The topological polar surface area (TPSA) is 67.6 Å². The van der Waals surface area contributed by atoms with Crippen molar-refractivity contribution in [1.82, 2.24) is 5.01 Å². The first-order chi connectivity index (χ1) is 7.68. The third-order valence-electron chi connectivity index (χ3n) is 2.17. The molecule has 1 aromatic carbocycles. The van der Waals surface area contributed by atoms with Crippen LogP contribution in [-0.4, -0.2) is 11.2 Å². The Kier molecular flexibility index (Phi) is 2.94. The third-order valence-corrected chi connectivity index (χ3v) is 2.42. The molecule has 16 heavy (non-hydrogen) atoms. The van der Waals surface area contributed by atoms with E-state index in [2.05, 4.69) is 4.99 Å². The van der Waals surface area contributed by atoms with Crippen molar-refractivity contribution < 1.29 is 0 Å². The summed E-state index contributed by atoms with van der Waals surface area (Å²) < 4.78 is 0. The number of halogens is 1. The van der Waals surface area contributed by atoms with E-state index in [1.807, 2.05) is 12.1 Å². The van der Waals surface area contributed by atoms with Crippen LogP contribution in [0.15, 0.2) is 47.4 Å². The van der Waals surface area contributed by atoms with Crippen molar-refractivity contribution in [2.45, 2.75) is 0 Å². The second-order valence-electron chi connectivity index (χ2n) is 3.27. The molecule has 0 spiro atoms. The summed E-state index contributed by atoms with van der Waals surface area (Å²) in [7, 11) is 0. The molecule has 0 radical (unpaired) electrons. The third kappa shape index (κ3) is 2.08. The highest BCUT2D eigenvalue weighted by molar-refractivity contribution is 6.30. The lowest BCUT2D eigenvalue weighted by molar-refractivity contribution is 0.486. The van der Waals surface area contributed by atoms with Crippen molar-refractivity contribution in [2.75, 3.05) is 0 Å². The van der Waals surface area contributed by atoms with Gasteiger partial charge in [-0.2, -0.15) is 0 Å². The van der Waals surface area contributed by atoms with Crippen LogP contribution in [0, 0.1) is 0 Å². The Hall–Kier alpha value is -1.78. The van der Waals surface area contributed by atoms with Crippen molar-refractivity contribution in [3.8, 4) is 0 Å². The largest absolute Gasteiger partial charge is 0.395 e. The molecule has 0 aliphatic carbocycles. The summed E-state index contributed by atoms with van der Waals surface area (Å²) >= 11 is 5.80. The Labute approximate surface area is 98.5 Å². The van der Waals surface area contributed by atoms with Gasteiger partial charge >= 0.3 is 0 Å². The van der Waals surface area contributed by atoms with Gasteiger partial charge in [-0.3, -0.25) is 5.01 Å². The zero-order valence-electron chi connectivity index (χ0n) is 8.47. The van der Waals surface area contributed by atoms with Crippen LogP contribution in [0.4, 0.5) is 0 Å². The average Bonchev–Trinajstić information content (AvgIpc) is 2.30. The second-order valence-corrected chi connectivity index (χ2v) is 3.71. The minimum absolute atomic E-state index is 0.514. The van der Waals surface area contributed by atoms with Gasteiger partial charge in [0.25, 0.3) is 0 Å². The molecule has 82 valence electrons. The zero-order chi connectivity index (χ0) is 11.5. The van der Waals surface area contributed by atoms with Crippen molar-refractivity contribution in [2.24, 2.45) is 16.6 Å². The molecule has 0 saturated carbocycles. The van der Waals surface area contributed by atoms with Gasteiger partial charge in [0.05, 0.1) is 5.70 Å². The molecule has 0 bridgehead atoms. The highest BCUT2D eigenvalue weighted by Gasteiger charge is 2.10. The van der Waals surface area contributed by atoms with E-state index in [0.29, 0.717) is 16.5 Å². The second kappa shape index (κ2) is 4.38. The van der Waals surface area contributed by atoms with Crippen LogP contribution in [-0.2, 0) is 0 Å². The number of nitrogens with two attached hydrogens (primary N) is 2. The minimum atomic E-state index is 0.514. The van der Waals surface area contributed by atoms with Gasteiger partial charge in [0.15, 0.2) is 5.82 Å². The summed E-state index contributed by atoms with van der Waals surface area (Å²) in [5.74, 6) is 6.23. The maximum atomic E-state index is 5.98. The molecule has 1 aromatic rings. The highest BCUT2D eigenvalue weighted by atomic mass is 35.5. The predicted molar refractivity (Wildman–Crippen MR) is 66.2 cm³/mol. The number of hydrogen-bond donors (Lipinski definition) is 2. The first-order valence-electron chi connectivity index (χ1n) is 4.69. The van der Waals surface area contributed by atoms with Gasteiger partial charge in [-0.05, 0) is 18.2 Å². The zero-order valence-corrected chi connectivity index (χ0v) is 9.22. The Bertz CT molecular complexity index is 473. The molecule has 1 heterocycles. The average molecular weight is 235 g/mol. The van der Waals surface area contributed by atoms with Crippen LogP contribution in [0.25, 0.3) is 5.70 Å². The van der Waals surface area contributed by atoms with Crippen LogP contribution in [0.1, 0.15) is 5.56 Å². The molecule has 0 atom stereocenters. The van der Waals surface area contributed by atoms with Crippen molar-refractivity contribution in [3.05, 3.63) is 52.9 Å². The Morgan fingerprint density at radius 2 is 1.94 bits per heavy atom. The van der Waals surface area contributed by atoms with Crippen molar-refractivity contribution in [3.63, 3.8) is 0 Å². The summed E-state index contributed by atoms with van der Waals surface area (Å²) in [6.45, 7) is 0. The summed E-state index contributed by atoms with van der Waals surface area (Å²) in [5.41, 5.74) is 7.33. The van der Waals surface area contributed by atoms with Gasteiger partial charge in [0, 0.05) is 23.0 Å². The lowest BCUT2D eigenvalue weighted by Crippen LogP contribution is -2.27. The van der Waals surface area contributed by atoms with E-state index in [1.54, 1.807) is 30.6 Å². The lowest BCUT2D eigenvalue weighted by atomic mass is 10.1. The smallest absolute Gasteiger partial charge is 0.170 e. The fraction of sp³-hybridized carbons (Fsp3) is 0.